The van der Waals surface area contributed by atoms with Crippen molar-refractivity contribution < 1.29 is 23.9 Å². The summed E-state index contributed by atoms with van der Waals surface area (Å²) < 4.78 is 10.6. The minimum atomic E-state index is -0.648. The summed E-state index contributed by atoms with van der Waals surface area (Å²) >= 11 is 2.00. The molecule has 0 radical (unpaired) electrons. The molecular formula is C45H47NO5S. The van der Waals surface area contributed by atoms with Crippen molar-refractivity contribution in [3.63, 3.8) is 0 Å². The number of carbonyl (C=O) groups is 3. The Morgan fingerprint density at radius 1 is 0.692 bits per heavy atom. The van der Waals surface area contributed by atoms with Gasteiger partial charge in [0.1, 0.15) is 6.61 Å². The lowest BCUT2D eigenvalue weighted by molar-refractivity contribution is -0.144. The first-order valence-corrected chi connectivity index (χ1v) is 19.4. The highest BCUT2D eigenvalue weighted by atomic mass is 32.2. The van der Waals surface area contributed by atoms with E-state index in [1.54, 1.807) is 0 Å². The number of ether oxygens (including phenoxy) is 2. The maximum atomic E-state index is 12.4. The van der Waals surface area contributed by atoms with E-state index in [0.717, 1.165) is 66.5 Å². The average Bonchev–Trinajstić information content (AvgIpc) is 3.52. The van der Waals surface area contributed by atoms with Crippen LogP contribution in [0.5, 0.6) is 0 Å². The van der Waals surface area contributed by atoms with Crippen molar-refractivity contribution in [2.45, 2.75) is 62.0 Å². The van der Waals surface area contributed by atoms with Crippen LogP contribution in [0.1, 0.15) is 79.5 Å². The summed E-state index contributed by atoms with van der Waals surface area (Å²) in [5, 5.41) is 2.53. The minimum Gasteiger partial charge on any atom is -0.466 e. The number of alkyl carbamates (subject to hydrolysis) is 1. The lowest BCUT2D eigenvalue weighted by Crippen LogP contribution is -2.31. The van der Waals surface area contributed by atoms with Gasteiger partial charge in [-0.1, -0.05) is 140 Å². The third-order valence-corrected chi connectivity index (χ3v) is 11.4. The average molecular weight is 714 g/mol. The van der Waals surface area contributed by atoms with Gasteiger partial charge >= 0.3 is 12.1 Å². The van der Waals surface area contributed by atoms with E-state index in [1.165, 1.54) is 16.7 Å². The lowest BCUT2D eigenvalue weighted by Gasteiger charge is -2.37. The number of thioether (sulfide) groups is 1. The van der Waals surface area contributed by atoms with Crippen molar-refractivity contribution in [2.24, 2.45) is 0 Å². The first-order valence-electron chi connectivity index (χ1n) is 18.4. The highest BCUT2D eigenvalue weighted by Crippen LogP contribution is 2.50. The van der Waals surface area contributed by atoms with E-state index >= 15 is 0 Å². The number of benzene rings is 4. The zero-order chi connectivity index (χ0) is 36.0. The van der Waals surface area contributed by atoms with Gasteiger partial charge in [-0.15, -0.1) is 11.8 Å². The highest BCUT2D eigenvalue weighted by molar-refractivity contribution is 8.00. The molecule has 0 unspecified atom stereocenters. The SMILES string of the molecule is O=C(CCC(=O)OCCCCCCSC(C1=CCCC=C1)(c1ccccc1)c1ccccc1)CNC(=O)OCC1c2ccccc2-c2ccccc21. The van der Waals surface area contributed by atoms with Crippen molar-refractivity contribution >= 4 is 29.6 Å². The summed E-state index contributed by atoms with van der Waals surface area (Å²) in [6.45, 7) is 0.330. The van der Waals surface area contributed by atoms with Gasteiger partial charge < -0.3 is 14.8 Å². The Bertz CT molecular complexity index is 1780. The van der Waals surface area contributed by atoms with Gasteiger partial charge in [-0.3, -0.25) is 9.59 Å². The second kappa shape index (κ2) is 18.6. The van der Waals surface area contributed by atoms with Crippen molar-refractivity contribution in [3.8, 4) is 11.1 Å². The molecule has 7 heteroatoms. The van der Waals surface area contributed by atoms with Crippen LogP contribution in [0, 0.1) is 0 Å². The predicted molar refractivity (Wildman–Crippen MR) is 209 cm³/mol. The monoisotopic (exact) mass is 713 g/mol. The number of carbonyl (C=O) groups excluding carboxylic acids is 3. The molecule has 0 aromatic heterocycles. The molecule has 2 aliphatic rings. The summed E-state index contributed by atoms with van der Waals surface area (Å²) in [5.41, 5.74) is 8.49. The predicted octanol–water partition coefficient (Wildman–Crippen LogP) is 9.93. The fourth-order valence-electron chi connectivity index (χ4n) is 7.16. The number of unbranched alkanes of at least 4 members (excludes halogenated alkanes) is 3. The number of allylic oxidation sites excluding steroid dienone is 3. The van der Waals surface area contributed by atoms with E-state index < -0.39 is 12.1 Å². The molecule has 4 aromatic carbocycles. The molecule has 0 atom stereocenters. The molecule has 0 fully saturated rings. The maximum absolute atomic E-state index is 12.4. The molecule has 6 rings (SSSR count). The molecule has 1 N–H and O–H groups in total. The summed E-state index contributed by atoms with van der Waals surface area (Å²) in [4.78, 5) is 37.1. The molecule has 6 nitrogen and oxygen atoms in total. The van der Waals surface area contributed by atoms with Gasteiger partial charge in [0.15, 0.2) is 5.78 Å². The van der Waals surface area contributed by atoms with Crippen LogP contribution in [0.25, 0.3) is 11.1 Å². The zero-order valence-electron chi connectivity index (χ0n) is 29.6. The number of nitrogens with one attached hydrogen (secondary N) is 1. The maximum Gasteiger partial charge on any atom is 0.407 e. The molecule has 0 aliphatic heterocycles. The van der Waals surface area contributed by atoms with Crippen molar-refractivity contribution in [3.05, 3.63) is 155 Å². The van der Waals surface area contributed by atoms with E-state index in [0.29, 0.717) is 6.61 Å². The fraction of sp³-hybridized carbons (Fsp3) is 0.311. The van der Waals surface area contributed by atoms with Crippen molar-refractivity contribution in [1.82, 2.24) is 5.32 Å². The summed E-state index contributed by atoms with van der Waals surface area (Å²) in [7, 11) is 0. The van der Waals surface area contributed by atoms with Crippen LogP contribution in [0.15, 0.2) is 133 Å². The molecule has 2 aliphatic carbocycles. The van der Waals surface area contributed by atoms with Gasteiger partial charge in [0.05, 0.1) is 24.3 Å². The Morgan fingerprint density at radius 3 is 1.94 bits per heavy atom. The summed E-state index contributed by atoms with van der Waals surface area (Å²) in [6, 6.07) is 37.9. The van der Waals surface area contributed by atoms with Crippen LogP contribution in [-0.2, 0) is 23.8 Å². The standard InChI is InChI=1S/C45H47NO5S/c47-37(32-46-44(49)51-33-42-40-26-14-12-24-38(40)39-25-13-15-27-41(39)42)28-29-43(48)50-30-16-1-2-17-31-52-45(34-18-6-3-7-19-34,35-20-8-4-9-21-35)36-22-10-5-11-23-36/h3-4,6-10,12-15,18-27,42H,1-2,5,11,16-17,28-33H2,(H,46,49). The molecule has 0 bridgehead atoms. The lowest BCUT2D eigenvalue weighted by atomic mass is 9.81. The van der Waals surface area contributed by atoms with E-state index in [9.17, 15) is 14.4 Å². The topological polar surface area (TPSA) is 81.7 Å². The van der Waals surface area contributed by atoms with Crippen LogP contribution in [-0.4, -0.2) is 43.4 Å². The number of hydrogen-bond donors (Lipinski definition) is 1. The number of fused-ring (bicyclic) bond motifs is 3. The van der Waals surface area contributed by atoms with Gasteiger partial charge in [-0.25, -0.2) is 4.79 Å². The van der Waals surface area contributed by atoms with E-state index in [2.05, 4.69) is 108 Å². The molecule has 4 aromatic rings. The van der Waals surface area contributed by atoms with Crippen LogP contribution >= 0.6 is 11.8 Å². The molecule has 1 amide bonds. The smallest absolute Gasteiger partial charge is 0.407 e. The largest absolute Gasteiger partial charge is 0.466 e. The van der Waals surface area contributed by atoms with Gasteiger partial charge in [0, 0.05) is 12.3 Å². The van der Waals surface area contributed by atoms with Gasteiger partial charge in [0.25, 0.3) is 0 Å². The Morgan fingerprint density at radius 2 is 1.31 bits per heavy atom. The first-order chi connectivity index (χ1) is 25.6. The molecule has 0 heterocycles. The number of esters is 1. The molecular weight excluding hydrogens is 667 g/mol. The van der Waals surface area contributed by atoms with Gasteiger partial charge in [-0.2, -0.15) is 0 Å². The second-order valence-corrected chi connectivity index (χ2v) is 14.6. The van der Waals surface area contributed by atoms with Gasteiger partial charge in [0.2, 0.25) is 0 Å². The Kier molecular flexibility index (Phi) is 13.2. The normalized spacial score (nSPS) is 13.5. The quantitative estimate of drug-likeness (QED) is 0.0817. The van der Waals surface area contributed by atoms with Crippen LogP contribution < -0.4 is 5.32 Å². The Balaban J connectivity index is 0.862. The highest BCUT2D eigenvalue weighted by Gasteiger charge is 2.38. The number of hydrogen-bond acceptors (Lipinski definition) is 6. The molecule has 0 saturated heterocycles. The summed E-state index contributed by atoms with van der Waals surface area (Å²) in [5.74, 6) is 0.308. The molecule has 0 spiro atoms. The third-order valence-electron chi connectivity index (χ3n) is 9.76. The van der Waals surface area contributed by atoms with Crippen LogP contribution in [0.4, 0.5) is 4.79 Å². The third kappa shape index (κ3) is 9.12. The fourth-order valence-corrected chi connectivity index (χ4v) is 8.74. The Labute approximate surface area is 311 Å². The number of amides is 1. The van der Waals surface area contributed by atoms with Crippen molar-refractivity contribution in [1.29, 1.82) is 0 Å². The van der Waals surface area contributed by atoms with Crippen molar-refractivity contribution in [2.75, 3.05) is 25.5 Å². The van der Waals surface area contributed by atoms with E-state index in [-0.39, 0.29) is 42.4 Å². The first kappa shape index (κ1) is 36.9. The Hall–Kier alpha value is -4.88. The zero-order valence-corrected chi connectivity index (χ0v) is 30.5. The van der Waals surface area contributed by atoms with E-state index in [1.807, 2.05) is 36.0 Å². The molecule has 52 heavy (non-hydrogen) atoms. The number of ketones is 1. The molecule has 268 valence electrons. The minimum absolute atomic E-state index is 0.00675. The van der Waals surface area contributed by atoms with Crippen LogP contribution in [0.3, 0.4) is 0 Å². The summed E-state index contributed by atoms with van der Waals surface area (Å²) in [6.07, 6.45) is 12.3. The second-order valence-electron chi connectivity index (χ2n) is 13.3. The number of Topliss-reactive ketones (excluding diaryl/α,β-unsaturated/α-hetero) is 1. The van der Waals surface area contributed by atoms with Gasteiger partial charge in [-0.05, 0) is 70.4 Å². The molecule has 0 saturated carbocycles. The van der Waals surface area contributed by atoms with E-state index in [4.69, 9.17) is 9.47 Å². The van der Waals surface area contributed by atoms with Crippen LogP contribution in [0.2, 0.25) is 0 Å². The number of rotatable bonds is 18.